The van der Waals surface area contributed by atoms with E-state index in [1.807, 2.05) is 0 Å². The first kappa shape index (κ1) is 33.5. The average Bonchev–Trinajstić information content (AvgIpc) is 2.94. The smallest absolute Gasteiger partial charge is 0.306 e. The van der Waals surface area contributed by atoms with Crippen molar-refractivity contribution in [3.8, 4) is 0 Å². The number of allylic oxidation sites excluding steroid dienone is 2. The van der Waals surface area contributed by atoms with Gasteiger partial charge in [0.25, 0.3) is 0 Å². The molecule has 1 N–H and O–H groups in total. The minimum absolute atomic E-state index is 0.00103. The zero-order chi connectivity index (χ0) is 31.3. The van der Waals surface area contributed by atoms with Crippen LogP contribution >= 0.6 is 0 Å². The molecule has 5 aliphatic carbocycles. The maximum absolute atomic E-state index is 13.0. The highest BCUT2D eigenvalue weighted by Crippen LogP contribution is 2.75. The molecule has 43 heavy (non-hydrogen) atoms. The van der Waals surface area contributed by atoms with Crippen molar-refractivity contribution in [1.29, 1.82) is 0 Å². The Morgan fingerprint density at radius 1 is 0.837 bits per heavy atom. The molecule has 246 valence electrons. The van der Waals surface area contributed by atoms with Crippen LogP contribution in [0.2, 0.25) is 0 Å². The molecule has 0 aliphatic heterocycles. The van der Waals surface area contributed by atoms with Gasteiger partial charge in [0.1, 0.15) is 6.10 Å². The van der Waals surface area contributed by atoms with Crippen molar-refractivity contribution < 1.29 is 14.6 Å². The summed E-state index contributed by atoms with van der Waals surface area (Å²) in [5, 5.41) is 10.8. The highest BCUT2D eigenvalue weighted by atomic mass is 16.5. The van der Waals surface area contributed by atoms with Crippen LogP contribution < -0.4 is 0 Å². The topological polar surface area (TPSA) is 46.5 Å². The van der Waals surface area contributed by atoms with Gasteiger partial charge in [0.15, 0.2) is 0 Å². The zero-order valence-corrected chi connectivity index (χ0v) is 29.6. The van der Waals surface area contributed by atoms with Crippen LogP contribution in [0.25, 0.3) is 0 Å². The summed E-state index contributed by atoms with van der Waals surface area (Å²) in [6, 6.07) is 0. The number of carbonyl (C=O) groups excluding carboxylic acids is 1. The number of aliphatic hydroxyl groups excluding tert-OH is 1. The molecule has 0 unspecified atom stereocenters. The van der Waals surface area contributed by atoms with Gasteiger partial charge < -0.3 is 9.84 Å². The summed E-state index contributed by atoms with van der Waals surface area (Å²) in [5.74, 6) is 1.81. The SMILES string of the molecule is CCCCCCCCCC(=O)O[C@H]1CC[C@]2(C)[C@H]3CC=C4[C@@H]5CC(C)(C)CC[C@]5(CO)CC[C@@]4(C)[C@]3(C)CC[C@H]2C1(C)C. The number of hydrogen-bond donors (Lipinski definition) is 1. The molecule has 4 saturated carbocycles. The van der Waals surface area contributed by atoms with E-state index in [1.165, 1.54) is 89.9 Å². The third kappa shape index (κ3) is 5.60. The fourth-order valence-electron chi connectivity index (χ4n) is 12.3. The number of fused-ring (bicyclic) bond motifs is 7. The number of esters is 1. The number of unbranched alkanes of at least 4 members (excludes halogenated alkanes) is 6. The predicted octanol–water partition coefficient (Wildman–Crippen LogP) is 10.8. The molecule has 3 heteroatoms. The lowest BCUT2D eigenvalue weighted by Crippen LogP contribution is -2.65. The molecular formula is C40H68O3. The number of aliphatic hydroxyl groups is 1. The average molecular weight is 597 g/mol. The second-order valence-corrected chi connectivity index (χ2v) is 18.4. The van der Waals surface area contributed by atoms with E-state index >= 15 is 0 Å². The minimum atomic E-state index is 0.00103. The monoisotopic (exact) mass is 597 g/mol. The van der Waals surface area contributed by atoms with Crippen LogP contribution in [0.1, 0.15) is 171 Å². The molecule has 5 aliphatic rings. The number of hydrogen-bond acceptors (Lipinski definition) is 3. The molecule has 0 aromatic carbocycles. The molecule has 0 aromatic rings. The van der Waals surface area contributed by atoms with Crippen LogP contribution in [0.4, 0.5) is 0 Å². The fourth-order valence-corrected chi connectivity index (χ4v) is 12.3. The highest BCUT2D eigenvalue weighted by Gasteiger charge is 2.68. The van der Waals surface area contributed by atoms with Gasteiger partial charge in [-0.15, -0.1) is 0 Å². The Bertz CT molecular complexity index is 1040. The van der Waals surface area contributed by atoms with Gasteiger partial charge >= 0.3 is 5.97 Å². The fraction of sp³-hybridized carbons (Fsp3) is 0.925. The predicted molar refractivity (Wildman–Crippen MR) is 179 cm³/mol. The van der Waals surface area contributed by atoms with E-state index in [0.717, 1.165) is 19.3 Å². The zero-order valence-electron chi connectivity index (χ0n) is 29.6. The molecule has 0 heterocycles. The molecule has 0 spiro atoms. The quantitative estimate of drug-likeness (QED) is 0.155. The van der Waals surface area contributed by atoms with Gasteiger partial charge in [-0.05, 0) is 110 Å². The maximum Gasteiger partial charge on any atom is 0.306 e. The molecule has 8 atom stereocenters. The van der Waals surface area contributed by atoms with Crippen molar-refractivity contribution in [2.24, 2.45) is 50.2 Å². The third-order valence-electron chi connectivity index (χ3n) is 15.3. The highest BCUT2D eigenvalue weighted by molar-refractivity contribution is 5.69. The van der Waals surface area contributed by atoms with Gasteiger partial charge in [-0.1, -0.05) is 106 Å². The molecule has 3 nitrogen and oxygen atoms in total. The Morgan fingerprint density at radius 2 is 1.51 bits per heavy atom. The van der Waals surface area contributed by atoms with Crippen LogP contribution in [0.15, 0.2) is 11.6 Å². The van der Waals surface area contributed by atoms with Crippen LogP contribution in [-0.4, -0.2) is 23.8 Å². The standard InChI is InChI=1S/C40H68O3/c1-9-10-11-12-13-14-15-16-34(42)43-33-20-21-37(6)31(36(33,4)5)19-22-39(8)32(37)18-17-29-30-27-35(2,3)23-25-40(30,28-41)26-24-38(29,39)7/h17,30-33,41H,9-16,18-28H2,1-8H3/t30-,31-,32+,33-,37-,38+,39+,40+/m0/s1. The second kappa shape index (κ2) is 12.1. The van der Waals surface area contributed by atoms with Crippen molar-refractivity contribution in [2.75, 3.05) is 6.61 Å². The van der Waals surface area contributed by atoms with Crippen molar-refractivity contribution in [1.82, 2.24) is 0 Å². The van der Waals surface area contributed by atoms with Gasteiger partial charge in [-0.25, -0.2) is 0 Å². The summed E-state index contributed by atoms with van der Waals surface area (Å²) in [6.45, 7) is 20.3. The molecule has 0 bridgehead atoms. The van der Waals surface area contributed by atoms with Gasteiger partial charge in [-0.3, -0.25) is 4.79 Å². The molecule has 0 radical (unpaired) electrons. The Kier molecular flexibility index (Phi) is 9.42. The number of rotatable bonds is 10. The largest absolute Gasteiger partial charge is 0.462 e. The lowest BCUT2D eigenvalue weighted by atomic mass is 9.33. The van der Waals surface area contributed by atoms with Crippen molar-refractivity contribution in [3.05, 3.63) is 11.6 Å². The molecule has 0 amide bonds. The van der Waals surface area contributed by atoms with E-state index in [4.69, 9.17) is 4.74 Å². The van der Waals surface area contributed by atoms with Crippen LogP contribution in [-0.2, 0) is 9.53 Å². The molecule has 4 fully saturated rings. The van der Waals surface area contributed by atoms with E-state index < -0.39 is 0 Å². The molecule has 0 saturated heterocycles. The van der Waals surface area contributed by atoms with E-state index in [1.54, 1.807) is 5.57 Å². The Balaban J connectivity index is 1.30. The van der Waals surface area contributed by atoms with Crippen LogP contribution in [0.3, 0.4) is 0 Å². The van der Waals surface area contributed by atoms with E-state index in [2.05, 4.69) is 61.5 Å². The minimum Gasteiger partial charge on any atom is -0.462 e. The van der Waals surface area contributed by atoms with E-state index in [0.29, 0.717) is 36.2 Å². The molecule has 0 aromatic heterocycles. The van der Waals surface area contributed by atoms with Gasteiger partial charge in [0.05, 0.1) is 0 Å². The van der Waals surface area contributed by atoms with Crippen LogP contribution in [0, 0.1) is 50.2 Å². The summed E-state index contributed by atoms with van der Waals surface area (Å²) >= 11 is 0. The molecular weight excluding hydrogens is 528 g/mol. The normalized spacial score (nSPS) is 43.0. The first-order valence-electron chi connectivity index (χ1n) is 18.7. The number of ether oxygens (including phenoxy) is 1. The van der Waals surface area contributed by atoms with Gasteiger partial charge in [0, 0.05) is 23.9 Å². The first-order valence-corrected chi connectivity index (χ1v) is 18.7. The summed E-state index contributed by atoms with van der Waals surface area (Å²) in [4.78, 5) is 13.0. The summed E-state index contributed by atoms with van der Waals surface area (Å²) in [5.41, 5.74) is 2.95. The maximum atomic E-state index is 13.0. The van der Waals surface area contributed by atoms with E-state index in [9.17, 15) is 9.90 Å². The van der Waals surface area contributed by atoms with Crippen molar-refractivity contribution in [3.63, 3.8) is 0 Å². The van der Waals surface area contributed by atoms with Crippen molar-refractivity contribution in [2.45, 2.75) is 177 Å². The van der Waals surface area contributed by atoms with Gasteiger partial charge in [-0.2, -0.15) is 0 Å². The number of carbonyl (C=O) groups is 1. The van der Waals surface area contributed by atoms with Crippen molar-refractivity contribution >= 4 is 5.97 Å². The van der Waals surface area contributed by atoms with Crippen LogP contribution in [0.5, 0.6) is 0 Å². The summed E-state index contributed by atoms with van der Waals surface area (Å²) in [6.07, 6.45) is 23.9. The Morgan fingerprint density at radius 3 is 2.21 bits per heavy atom. The second-order valence-electron chi connectivity index (χ2n) is 18.4. The summed E-state index contributed by atoms with van der Waals surface area (Å²) in [7, 11) is 0. The summed E-state index contributed by atoms with van der Waals surface area (Å²) < 4.78 is 6.34. The first-order chi connectivity index (χ1) is 20.2. The third-order valence-corrected chi connectivity index (χ3v) is 15.3. The van der Waals surface area contributed by atoms with E-state index in [-0.39, 0.29) is 39.1 Å². The Hall–Kier alpha value is -0.830. The Labute approximate surface area is 265 Å². The lowest BCUT2D eigenvalue weighted by molar-refractivity contribution is -0.213. The van der Waals surface area contributed by atoms with Gasteiger partial charge in [0.2, 0.25) is 0 Å². The lowest BCUT2D eigenvalue weighted by Gasteiger charge is -2.71. The molecule has 5 rings (SSSR count).